The number of benzene rings is 3. The van der Waals surface area contributed by atoms with Crippen molar-refractivity contribution in [2.45, 2.75) is 58.3 Å². The van der Waals surface area contributed by atoms with E-state index in [1.54, 1.807) is 26.0 Å². The van der Waals surface area contributed by atoms with Crippen LogP contribution in [0.4, 0.5) is 5.69 Å². The topological polar surface area (TPSA) is 141 Å². The van der Waals surface area contributed by atoms with E-state index in [4.69, 9.17) is 4.42 Å². The second kappa shape index (κ2) is 15.9. The van der Waals surface area contributed by atoms with Gasteiger partial charge in [0.15, 0.2) is 0 Å². The molecular formula is C36H44N4O6S. The lowest BCUT2D eigenvalue weighted by molar-refractivity contribution is 0.0656. The molecule has 0 bridgehead atoms. The Kier molecular flexibility index (Phi) is 12.0. The lowest BCUT2D eigenvalue weighted by atomic mass is 9.99. The van der Waals surface area contributed by atoms with Gasteiger partial charge >= 0.3 is 0 Å². The Morgan fingerprint density at radius 1 is 0.872 bits per heavy atom. The molecule has 0 spiro atoms. The van der Waals surface area contributed by atoms with E-state index in [0.717, 1.165) is 11.1 Å². The molecule has 1 aromatic heterocycles. The number of amides is 2. The second-order valence-corrected chi connectivity index (χ2v) is 13.8. The van der Waals surface area contributed by atoms with Crippen LogP contribution < -0.4 is 15.4 Å². The van der Waals surface area contributed by atoms with Crippen molar-refractivity contribution in [3.63, 3.8) is 0 Å². The lowest BCUT2D eigenvalue weighted by Crippen LogP contribution is -2.49. The van der Waals surface area contributed by atoms with Crippen molar-refractivity contribution in [2.75, 3.05) is 24.1 Å². The fourth-order valence-corrected chi connectivity index (χ4v) is 5.83. The molecule has 3 aromatic carbocycles. The molecule has 0 fully saturated rings. The van der Waals surface area contributed by atoms with Crippen molar-refractivity contribution in [3.8, 4) is 0 Å². The van der Waals surface area contributed by atoms with Gasteiger partial charge in [0, 0.05) is 23.7 Å². The number of anilines is 1. The molecule has 11 heteroatoms. The van der Waals surface area contributed by atoms with Crippen molar-refractivity contribution in [1.29, 1.82) is 0 Å². The number of furan rings is 1. The fraction of sp³-hybridized carbons (Fsp3) is 0.333. The molecule has 0 saturated carbocycles. The van der Waals surface area contributed by atoms with Gasteiger partial charge in [0.05, 0.1) is 29.6 Å². The van der Waals surface area contributed by atoms with Crippen LogP contribution in [-0.4, -0.2) is 61.7 Å². The summed E-state index contributed by atoms with van der Waals surface area (Å²) in [6, 6.07) is 26.0. The summed E-state index contributed by atoms with van der Waals surface area (Å²) in [5.74, 6) is -0.0226. The van der Waals surface area contributed by atoms with Crippen LogP contribution in [0.2, 0.25) is 0 Å². The summed E-state index contributed by atoms with van der Waals surface area (Å²) in [4.78, 5) is 29.2. The van der Waals surface area contributed by atoms with Crippen LogP contribution in [-0.2, 0) is 16.4 Å². The normalized spacial score (nSPS) is 14.2. The van der Waals surface area contributed by atoms with Crippen LogP contribution in [0.5, 0.6) is 0 Å². The summed E-state index contributed by atoms with van der Waals surface area (Å²) in [6.45, 7) is 7.37. The van der Waals surface area contributed by atoms with E-state index < -0.39 is 40.0 Å². The monoisotopic (exact) mass is 660 g/mol. The highest BCUT2D eigenvalue weighted by molar-refractivity contribution is 7.92. The zero-order valence-electron chi connectivity index (χ0n) is 27.4. The summed E-state index contributed by atoms with van der Waals surface area (Å²) >= 11 is 0. The number of aliphatic hydroxyl groups is 1. The van der Waals surface area contributed by atoms with E-state index in [2.05, 4.69) is 22.3 Å². The van der Waals surface area contributed by atoms with Crippen molar-refractivity contribution in [3.05, 3.63) is 125 Å². The third kappa shape index (κ3) is 10.0. The summed E-state index contributed by atoms with van der Waals surface area (Å²) in [6.07, 6.45) is -0.617. The van der Waals surface area contributed by atoms with Crippen molar-refractivity contribution in [2.24, 2.45) is 0 Å². The summed E-state index contributed by atoms with van der Waals surface area (Å²) in [5.41, 5.74) is 2.23. The fourth-order valence-electron chi connectivity index (χ4n) is 5.21. The quantitative estimate of drug-likeness (QED) is 0.137. The smallest absolute Gasteiger partial charge is 0.251 e. The van der Waals surface area contributed by atoms with E-state index in [1.807, 2.05) is 72.6 Å². The van der Waals surface area contributed by atoms with Crippen LogP contribution >= 0.6 is 0 Å². The van der Waals surface area contributed by atoms with Gasteiger partial charge in [-0.05, 0) is 82.6 Å². The van der Waals surface area contributed by atoms with Gasteiger partial charge in [-0.1, -0.05) is 60.7 Å². The Morgan fingerprint density at radius 3 is 2.04 bits per heavy atom. The Labute approximate surface area is 277 Å². The molecule has 47 heavy (non-hydrogen) atoms. The Hall–Kier alpha value is -4.45. The van der Waals surface area contributed by atoms with Crippen molar-refractivity contribution in [1.82, 2.24) is 15.5 Å². The first-order valence-corrected chi connectivity index (χ1v) is 17.3. The minimum absolute atomic E-state index is 0.00996. The van der Waals surface area contributed by atoms with Gasteiger partial charge in [0.2, 0.25) is 10.0 Å². The number of aliphatic hydroxyl groups excluding tert-OH is 1. The zero-order valence-corrected chi connectivity index (χ0v) is 28.3. The van der Waals surface area contributed by atoms with Gasteiger partial charge in [-0.2, -0.15) is 0 Å². The largest absolute Gasteiger partial charge is 0.464 e. The SMILES string of the molecule is CCS(=O)(=O)Nc1cc(C(=O)NC(C)c2ccc(C)o2)cc(C(=O)N[C@@H](Cc2ccccc2)[C@H](O)CN(C)[C@@H](C)c2ccccc2)c1. The van der Waals surface area contributed by atoms with Crippen LogP contribution in [0.25, 0.3) is 0 Å². The van der Waals surface area contributed by atoms with Crippen LogP contribution in [0, 0.1) is 6.92 Å². The third-order valence-electron chi connectivity index (χ3n) is 8.14. The van der Waals surface area contributed by atoms with E-state index in [9.17, 15) is 23.1 Å². The first-order valence-electron chi connectivity index (χ1n) is 15.7. The first-order chi connectivity index (χ1) is 22.3. The third-order valence-corrected chi connectivity index (χ3v) is 9.45. The summed E-state index contributed by atoms with van der Waals surface area (Å²) in [7, 11) is -1.80. The summed E-state index contributed by atoms with van der Waals surface area (Å²) < 4.78 is 33.0. The number of aryl methyl sites for hydroxylation is 1. The number of carbonyl (C=O) groups excluding carboxylic acids is 2. The standard InChI is InChI=1S/C36H44N4O6S/c1-6-47(44,45)39-31-21-29(35(42)37-25(3)34-18-17-24(2)46-34)20-30(22-31)36(43)38-32(19-27-13-9-7-10-14-27)33(41)23-40(5)26(4)28-15-11-8-12-16-28/h7-18,20-22,25-26,32-33,39,41H,6,19,23H2,1-5H3,(H,37,42)(H,38,43)/t25?,26-,32-,33+/m0/s1. The van der Waals surface area contributed by atoms with Gasteiger partial charge in [0.1, 0.15) is 11.5 Å². The molecule has 2 amide bonds. The molecule has 0 aliphatic heterocycles. The number of nitrogens with zero attached hydrogens (tertiary/aromatic N) is 1. The van der Waals surface area contributed by atoms with E-state index in [1.165, 1.54) is 25.1 Å². The molecule has 4 N–H and O–H groups in total. The highest BCUT2D eigenvalue weighted by atomic mass is 32.2. The molecule has 0 radical (unpaired) electrons. The molecule has 0 aliphatic rings. The highest BCUT2D eigenvalue weighted by Gasteiger charge is 2.26. The number of hydrogen-bond acceptors (Lipinski definition) is 7. The molecule has 4 rings (SSSR count). The molecule has 4 atom stereocenters. The Bertz CT molecular complexity index is 1740. The number of hydrogen-bond donors (Lipinski definition) is 4. The predicted molar refractivity (Wildman–Crippen MR) is 184 cm³/mol. The second-order valence-electron chi connectivity index (χ2n) is 11.8. The Balaban J connectivity index is 1.60. The maximum absolute atomic E-state index is 13.8. The van der Waals surface area contributed by atoms with Gasteiger partial charge in [-0.25, -0.2) is 8.42 Å². The molecule has 10 nitrogen and oxygen atoms in total. The van der Waals surface area contributed by atoms with Crippen LogP contribution in [0.15, 0.2) is 95.4 Å². The number of rotatable bonds is 15. The maximum atomic E-state index is 13.8. The van der Waals surface area contributed by atoms with Crippen LogP contribution in [0.3, 0.4) is 0 Å². The molecule has 4 aromatic rings. The van der Waals surface area contributed by atoms with Gasteiger partial charge in [-0.15, -0.1) is 0 Å². The lowest BCUT2D eigenvalue weighted by Gasteiger charge is -2.31. The summed E-state index contributed by atoms with van der Waals surface area (Å²) in [5, 5.41) is 17.3. The average Bonchev–Trinajstić information content (AvgIpc) is 3.50. The van der Waals surface area contributed by atoms with Crippen LogP contribution in [0.1, 0.15) is 76.2 Å². The van der Waals surface area contributed by atoms with E-state index >= 15 is 0 Å². The van der Waals surface area contributed by atoms with E-state index in [-0.39, 0.29) is 35.2 Å². The minimum atomic E-state index is -3.72. The zero-order chi connectivity index (χ0) is 34.1. The maximum Gasteiger partial charge on any atom is 0.251 e. The average molecular weight is 661 g/mol. The molecule has 1 heterocycles. The molecular weight excluding hydrogens is 616 g/mol. The number of sulfonamides is 1. The number of nitrogens with one attached hydrogen (secondary N) is 3. The van der Waals surface area contributed by atoms with Gasteiger partial charge in [-0.3, -0.25) is 19.2 Å². The van der Waals surface area contributed by atoms with Crippen molar-refractivity contribution < 1.29 is 27.5 Å². The number of likely N-dealkylation sites (N-methyl/N-ethyl adjacent to an activating group) is 1. The highest BCUT2D eigenvalue weighted by Crippen LogP contribution is 2.22. The Morgan fingerprint density at radius 2 is 1.47 bits per heavy atom. The molecule has 250 valence electrons. The number of carbonyl (C=O) groups is 2. The van der Waals surface area contributed by atoms with Gasteiger partial charge in [0.25, 0.3) is 11.8 Å². The van der Waals surface area contributed by atoms with Gasteiger partial charge < -0.3 is 20.2 Å². The molecule has 1 unspecified atom stereocenters. The predicted octanol–water partition coefficient (Wildman–Crippen LogP) is 5.24. The van der Waals surface area contributed by atoms with Crippen molar-refractivity contribution >= 4 is 27.5 Å². The first kappa shape index (κ1) is 35.4. The van der Waals surface area contributed by atoms with E-state index in [0.29, 0.717) is 17.9 Å². The molecule has 0 aliphatic carbocycles. The molecule has 0 saturated heterocycles. The minimum Gasteiger partial charge on any atom is -0.464 e.